The topological polar surface area (TPSA) is 64.6 Å². The van der Waals surface area contributed by atoms with Crippen molar-refractivity contribution in [1.29, 1.82) is 0 Å². The summed E-state index contributed by atoms with van der Waals surface area (Å²) in [6.07, 6.45) is 1.34. The fraction of sp³-hybridized carbons (Fsp3) is 0.385. The van der Waals surface area contributed by atoms with Gasteiger partial charge < -0.3 is 14.8 Å². The third-order valence-electron chi connectivity index (χ3n) is 6.65. The summed E-state index contributed by atoms with van der Waals surface area (Å²) < 4.78 is 11.8. The van der Waals surface area contributed by atoms with Crippen molar-refractivity contribution in [3.05, 3.63) is 68.8 Å². The van der Waals surface area contributed by atoms with Crippen molar-refractivity contribution < 1.29 is 19.1 Å². The van der Waals surface area contributed by atoms with E-state index in [0.29, 0.717) is 24.3 Å². The third-order valence-corrected chi connectivity index (χ3v) is 7.34. The number of amides is 1. The Bertz CT molecular complexity index is 1140. The number of nitrogens with one attached hydrogen (secondary N) is 1. The SMILES string of the molecule is CC(C)(C)c1ccc(C2CC(=O)C3=C(C2)NC(=O)CC3c2cc3c(cc2Br)OCO3)cc1. The number of carbonyl (C=O) groups excluding carboxylic acids is 2. The first kappa shape index (κ1) is 21.3. The van der Waals surface area contributed by atoms with E-state index in [0.717, 1.165) is 26.9 Å². The molecule has 2 aliphatic heterocycles. The van der Waals surface area contributed by atoms with Gasteiger partial charge in [0.15, 0.2) is 17.3 Å². The molecule has 3 aliphatic rings. The first-order valence-corrected chi connectivity index (χ1v) is 11.8. The number of hydrogen-bond acceptors (Lipinski definition) is 4. The first-order valence-electron chi connectivity index (χ1n) is 11.0. The molecule has 5 nitrogen and oxygen atoms in total. The largest absolute Gasteiger partial charge is 0.454 e. The van der Waals surface area contributed by atoms with Crippen LogP contribution in [-0.4, -0.2) is 18.5 Å². The normalized spacial score (nSPS) is 22.6. The van der Waals surface area contributed by atoms with E-state index in [1.165, 1.54) is 5.56 Å². The molecule has 0 saturated carbocycles. The van der Waals surface area contributed by atoms with Crippen LogP contribution < -0.4 is 14.8 Å². The molecule has 6 heteroatoms. The molecule has 2 aromatic carbocycles. The fourth-order valence-electron chi connectivity index (χ4n) is 4.92. The molecule has 1 aliphatic carbocycles. The quantitative estimate of drug-likeness (QED) is 0.598. The number of Topliss-reactive ketones (excluding diaryl/α,β-unsaturated/α-hetero) is 1. The summed E-state index contributed by atoms with van der Waals surface area (Å²) in [6.45, 7) is 6.75. The van der Waals surface area contributed by atoms with Crippen molar-refractivity contribution in [2.75, 3.05) is 6.79 Å². The number of carbonyl (C=O) groups is 2. The number of rotatable bonds is 2. The van der Waals surface area contributed by atoms with Crippen molar-refractivity contribution in [2.45, 2.75) is 57.3 Å². The van der Waals surface area contributed by atoms with Gasteiger partial charge in [-0.25, -0.2) is 0 Å². The lowest BCUT2D eigenvalue weighted by Gasteiger charge is -2.35. The smallest absolute Gasteiger partial charge is 0.231 e. The molecule has 32 heavy (non-hydrogen) atoms. The number of hydrogen-bond donors (Lipinski definition) is 1. The maximum absolute atomic E-state index is 13.4. The van der Waals surface area contributed by atoms with Crippen molar-refractivity contribution >= 4 is 27.6 Å². The number of allylic oxidation sites excluding steroid dienone is 2. The Morgan fingerprint density at radius 3 is 2.34 bits per heavy atom. The lowest BCUT2D eigenvalue weighted by Crippen LogP contribution is -2.38. The maximum Gasteiger partial charge on any atom is 0.231 e. The van der Waals surface area contributed by atoms with E-state index in [2.05, 4.69) is 66.3 Å². The Morgan fingerprint density at radius 2 is 1.66 bits per heavy atom. The molecule has 0 spiro atoms. The number of halogens is 1. The zero-order valence-electron chi connectivity index (χ0n) is 18.5. The predicted molar refractivity (Wildman–Crippen MR) is 125 cm³/mol. The molecule has 0 aromatic heterocycles. The Kier molecular flexibility index (Phi) is 5.16. The van der Waals surface area contributed by atoms with Crippen LogP contribution in [0.4, 0.5) is 0 Å². The van der Waals surface area contributed by atoms with Gasteiger partial charge in [-0.05, 0) is 46.6 Å². The monoisotopic (exact) mass is 495 g/mol. The van der Waals surface area contributed by atoms with Crippen LogP contribution in [0.5, 0.6) is 11.5 Å². The van der Waals surface area contributed by atoms with Gasteiger partial charge in [-0.15, -0.1) is 0 Å². The van der Waals surface area contributed by atoms with Gasteiger partial charge in [0.1, 0.15) is 0 Å². The van der Waals surface area contributed by atoms with Crippen LogP contribution >= 0.6 is 15.9 Å². The van der Waals surface area contributed by atoms with Crippen LogP contribution in [0.25, 0.3) is 0 Å². The fourth-order valence-corrected chi connectivity index (χ4v) is 5.52. The molecule has 2 aromatic rings. The van der Waals surface area contributed by atoms with Crippen molar-refractivity contribution in [2.24, 2.45) is 0 Å². The van der Waals surface area contributed by atoms with Gasteiger partial charge in [0.2, 0.25) is 12.7 Å². The average Bonchev–Trinajstić information content (AvgIpc) is 3.18. The molecule has 166 valence electrons. The van der Waals surface area contributed by atoms with Crippen LogP contribution in [0, 0.1) is 0 Å². The summed E-state index contributed by atoms with van der Waals surface area (Å²) in [4.78, 5) is 26.0. The van der Waals surface area contributed by atoms with Crippen LogP contribution in [0.3, 0.4) is 0 Å². The standard InChI is InChI=1S/C26H26BrNO4/c1-26(2,3)16-6-4-14(5-7-16)15-8-20-25(21(29)9-15)18(11-24(30)28-20)17-10-22-23(12-19(17)27)32-13-31-22/h4-7,10,12,15,18H,8-9,11,13H2,1-3H3,(H,28,30). The first-order chi connectivity index (χ1) is 15.2. The second kappa shape index (κ2) is 7.77. The molecule has 0 fully saturated rings. The maximum atomic E-state index is 13.4. The third kappa shape index (κ3) is 3.75. The molecule has 1 amide bonds. The number of ketones is 1. The van der Waals surface area contributed by atoms with E-state index in [-0.39, 0.29) is 42.2 Å². The van der Waals surface area contributed by atoms with Gasteiger partial charge in [0.25, 0.3) is 0 Å². The lowest BCUT2D eigenvalue weighted by atomic mass is 9.73. The molecular weight excluding hydrogens is 470 g/mol. The Labute approximate surface area is 196 Å². The minimum atomic E-state index is -0.292. The van der Waals surface area contributed by atoms with Crippen LogP contribution in [0.1, 0.15) is 68.6 Å². The number of benzene rings is 2. The second-order valence-electron chi connectivity index (χ2n) is 9.82. The van der Waals surface area contributed by atoms with Gasteiger partial charge in [-0.2, -0.15) is 0 Å². The Balaban J connectivity index is 1.49. The summed E-state index contributed by atoms with van der Waals surface area (Å²) in [6, 6.07) is 12.3. The Morgan fingerprint density at radius 1 is 0.969 bits per heavy atom. The van der Waals surface area contributed by atoms with Crippen LogP contribution in [0.2, 0.25) is 0 Å². The molecule has 0 bridgehead atoms. The summed E-state index contributed by atoms with van der Waals surface area (Å²) in [5.74, 6) is 1.13. The van der Waals surface area contributed by atoms with Crippen molar-refractivity contribution in [1.82, 2.24) is 5.32 Å². The zero-order chi connectivity index (χ0) is 22.6. The van der Waals surface area contributed by atoms with E-state index in [9.17, 15) is 9.59 Å². The second-order valence-corrected chi connectivity index (χ2v) is 10.7. The van der Waals surface area contributed by atoms with Gasteiger partial charge in [-0.3, -0.25) is 9.59 Å². The highest BCUT2D eigenvalue weighted by Gasteiger charge is 2.39. The predicted octanol–water partition coefficient (Wildman–Crippen LogP) is 5.48. The average molecular weight is 496 g/mol. The van der Waals surface area contributed by atoms with E-state index < -0.39 is 0 Å². The van der Waals surface area contributed by atoms with Crippen molar-refractivity contribution in [3.8, 4) is 11.5 Å². The highest BCUT2D eigenvalue weighted by molar-refractivity contribution is 9.10. The summed E-state index contributed by atoms with van der Waals surface area (Å²) >= 11 is 3.61. The summed E-state index contributed by atoms with van der Waals surface area (Å²) in [5.41, 5.74) is 4.86. The Hall–Kier alpha value is -2.60. The van der Waals surface area contributed by atoms with Crippen LogP contribution in [-0.2, 0) is 15.0 Å². The number of ether oxygens (including phenoxy) is 2. The lowest BCUT2D eigenvalue weighted by molar-refractivity contribution is -0.122. The van der Waals surface area contributed by atoms with Gasteiger partial charge in [-0.1, -0.05) is 61.0 Å². The summed E-state index contributed by atoms with van der Waals surface area (Å²) in [7, 11) is 0. The molecule has 2 unspecified atom stereocenters. The van der Waals surface area contributed by atoms with Crippen LogP contribution in [0.15, 0.2) is 52.1 Å². The minimum Gasteiger partial charge on any atom is -0.454 e. The van der Waals surface area contributed by atoms with Crippen molar-refractivity contribution in [3.63, 3.8) is 0 Å². The molecule has 2 atom stereocenters. The highest BCUT2D eigenvalue weighted by atomic mass is 79.9. The molecule has 1 N–H and O–H groups in total. The molecule has 2 heterocycles. The van der Waals surface area contributed by atoms with E-state index in [1.54, 1.807) is 0 Å². The van der Waals surface area contributed by atoms with Gasteiger partial charge in [0.05, 0.1) is 0 Å². The molecule has 0 saturated heterocycles. The summed E-state index contributed by atoms with van der Waals surface area (Å²) in [5, 5.41) is 3.00. The molecular formula is C26H26BrNO4. The van der Waals surface area contributed by atoms with E-state index in [4.69, 9.17) is 9.47 Å². The van der Waals surface area contributed by atoms with Gasteiger partial charge in [0, 0.05) is 34.5 Å². The highest BCUT2D eigenvalue weighted by Crippen LogP contribution is 2.47. The zero-order valence-corrected chi connectivity index (χ0v) is 20.0. The molecule has 5 rings (SSSR count). The molecule has 0 radical (unpaired) electrons. The number of fused-ring (bicyclic) bond motifs is 1. The van der Waals surface area contributed by atoms with E-state index >= 15 is 0 Å². The van der Waals surface area contributed by atoms with Gasteiger partial charge >= 0.3 is 0 Å². The van der Waals surface area contributed by atoms with E-state index in [1.807, 2.05) is 12.1 Å². The minimum absolute atomic E-state index is 0.0603.